The van der Waals surface area contributed by atoms with E-state index in [0.29, 0.717) is 0 Å². The van der Waals surface area contributed by atoms with E-state index in [1.54, 1.807) is 12.4 Å². The van der Waals surface area contributed by atoms with Gasteiger partial charge in [-0.3, -0.25) is 9.97 Å². The molecule has 5 heteroatoms. The van der Waals surface area contributed by atoms with Gasteiger partial charge in [-0.15, -0.1) is 0 Å². The molecule has 4 rings (SSSR count). The Labute approximate surface area is 240 Å². The summed E-state index contributed by atoms with van der Waals surface area (Å²) in [4.78, 5) is 16.4. The van der Waals surface area contributed by atoms with Crippen molar-refractivity contribution in [3.05, 3.63) is 85.2 Å². The van der Waals surface area contributed by atoms with Gasteiger partial charge in [0, 0.05) is 12.4 Å². The van der Waals surface area contributed by atoms with E-state index >= 15 is 0 Å². The predicted octanol–water partition coefficient (Wildman–Crippen LogP) is 8.71. The van der Waals surface area contributed by atoms with Gasteiger partial charge in [-0.25, -0.2) is 4.98 Å². The molecule has 0 saturated heterocycles. The molecule has 0 amide bonds. The van der Waals surface area contributed by atoms with Crippen molar-refractivity contribution in [2.45, 2.75) is 65.2 Å². The van der Waals surface area contributed by atoms with Crippen molar-refractivity contribution >= 4 is 0 Å². The van der Waals surface area contributed by atoms with Crippen molar-refractivity contribution in [3.8, 4) is 39.7 Å². The summed E-state index contributed by atoms with van der Waals surface area (Å²) in [5, 5.41) is 0. The first kappa shape index (κ1) is 29.4. The lowest BCUT2D eigenvalue weighted by Crippen LogP contribution is -2.23. The maximum atomic E-state index is 6.05. The molecule has 3 aromatic heterocycles. The molecular formula is C35H44N4O. The molecule has 210 valence electrons. The van der Waals surface area contributed by atoms with Gasteiger partial charge in [-0.1, -0.05) is 76.6 Å². The Morgan fingerprint density at radius 1 is 0.575 bits per heavy atom. The third-order valence-corrected chi connectivity index (χ3v) is 7.40. The first-order valence-corrected chi connectivity index (χ1v) is 15.1. The van der Waals surface area contributed by atoms with Gasteiger partial charge in [-0.2, -0.15) is 0 Å². The smallest absolute Gasteiger partial charge is 0.119 e. The molecule has 0 atom stereocenters. The second kappa shape index (κ2) is 16.5. The normalized spacial score (nSPS) is 11.2. The molecule has 40 heavy (non-hydrogen) atoms. The quantitative estimate of drug-likeness (QED) is 0.126. The SMILES string of the molecule is CCN(CC)CCCCCCCCCCOc1ccc(-c2cc(-c3ccccn3)nc(-c3ccccn3)c2)cc1. The lowest BCUT2D eigenvalue weighted by Gasteiger charge is -2.17. The molecule has 5 nitrogen and oxygen atoms in total. The van der Waals surface area contributed by atoms with E-state index in [4.69, 9.17) is 9.72 Å². The Balaban J connectivity index is 1.24. The predicted molar refractivity (Wildman–Crippen MR) is 166 cm³/mol. The number of unbranched alkanes of at least 4 members (excludes halogenated alkanes) is 7. The fourth-order valence-electron chi connectivity index (χ4n) is 4.96. The van der Waals surface area contributed by atoms with E-state index < -0.39 is 0 Å². The van der Waals surface area contributed by atoms with E-state index in [9.17, 15) is 0 Å². The van der Waals surface area contributed by atoms with E-state index in [-0.39, 0.29) is 0 Å². The minimum atomic E-state index is 0.770. The molecule has 0 bridgehead atoms. The summed E-state index contributed by atoms with van der Waals surface area (Å²) in [6.45, 7) is 8.88. The van der Waals surface area contributed by atoms with Crippen molar-refractivity contribution in [2.24, 2.45) is 0 Å². The van der Waals surface area contributed by atoms with Crippen LogP contribution in [0.25, 0.3) is 33.9 Å². The summed E-state index contributed by atoms with van der Waals surface area (Å²) < 4.78 is 6.05. The standard InChI is InChI=1S/C35H44N4O/c1-3-39(4-2)25-15-9-7-5-6-8-10-16-26-40-31-21-19-29(20-22-31)30-27-34(32-17-11-13-23-36-32)38-35(28-30)33-18-12-14-24-37-33/h11-14,17-24,27-28H,3-10,15-16,25-26H2,1-2H3. The van der Waals surface area contributed by atoms with Gasteiger partial charge in [0.25, 0.3) is 0 Å². The molecule has 0 spiro atoms. The van der Waals surface area contributed by atoms with Gasteiger partial charge in [0.05, 0.1) is 29.4 Å². The average molecular weight is 537 g/mol. The fraction of sp³-hybridized carbons (Fsp3) is 0.400. The number of hydrogen-bond acceptors (Lipinski definition) is 5. The summed E-state index contributed by atoms with van der Waals surface area (Å²) >= 11 is 0. The summed E-state index contributed by atoms with van der Waals surface area (Å²) in [6.07, 6.45) is 14.0. The minimum Gasteiger partial charge on any atom is -0.494 e. The molecule has 0 radical (unpaired) electrons. The molecule has 4 aromatic rings. The highest BCUT2D eigenvalue weighted by atomic mass is 16.5. The molecule has 0 unspecified atom stereocenters. The molecular weight excluding hydrogens is 492 g/mol. The Morgan fingerprint density at radius 2 is 1.12 bits per heavy atom. The van der Waals surface area contributed by atoms with Crippen LogP contribution in [-0.4, -0.2) is 46.1 Å². The van der Waals surface area contributed by atoms with Crippen LogP contribution >= 0.6 is 0 Å². The molecule has 0 saturated carbocycles. The third-order valence-electron chi connectivity index (χ3n) is 7.40. The average Bonchev–Trinajstić information content (AvgIpc) is 3.02. The molecule has 3 heterocycles. The van der Waals surface area contributed by atoms with Crippen LogP contribution in [0.3, 0.4) is 0 Å². The third kappa shape index (κ3) is 9.27. The molecule has 0 aliphatic rings. The van der Waals surface area contributed by atoms with Crippen LogP contribution in [0.4, 0.5) is 0 Å². The molecule has 0 aliphatic carbocycles. The van der Waals surface area contributed by atoms with Crippen molar-refractivity contribution in [1.82, 2.24) is 19.9 Å². The van der Waals surface area contributed by atoms with E-state index in [1.165, 1.54) is 64.6 Å². The maximum Gasteiger partial charge on any atom is 0.119 e. The van der Waals surface area contributed by atoms with Gasteiger partial charge in [-0.05, 0) is 92.1 Å². The Hall–Kier alpha value is -3.57. The topological polar surface area (TPSA) is 51.1 Å². The van der Waals surface area contributed by atoms with Gasteiger partial charge < -0.3 is 9.64 Å². The Kier molecular flexibility index (Phi) is 12.1. The lowest BCUT2D eigenvalue weighted by molar-refractivity contribution is 0.294. The van der Waals surface area contributed by atoms with Crippen LogP contribution < -0.4 is 4.74 Å². The van der Waals surface area contributed by atoms with Crippen LogP contribution in [0.15, 0.2) is 85.2 Å². The van der Waals surface area contributed by atoms with E-state index in [0.717, 1.165) is 52.7 Å². The van der Waals surface area contributed by atoms with Crippen molar-refractivity contribution in [2.75, 3.05) is 26.2 Å². The maximum absolute atomic E-state index is 6.05. The van der Waals surface area contributed by atoms with Gasteiger partial charge >= 0.3 is 0 Å². The zero-order chi connectivity index (χ0) is 27.8. The largest absolute Gasteiger partial charge is 0.494 e. The van der Waals surface area contributed by atoms with Crippen molar-refractivity contribution < 1.29 is 4.74 Å². The summed E-state index contributed by atoms with van der Waals surface area (Å²) in [6, 6.07) is 24.3. The highest BCUT2D eigenvalue weighted by Crippen LogP contribution is 2.30. The van der Waals surface area contributed by atoms with Crippen LogP contribution in [0.1, 0.15) is 65.2 Å². The number of ether oxygens (including phenoxy) is 1. The second-order valence-electron chi connectivity index (χ2n) is 10.3. The summed E-state index contributed by atoms with van der Waals surface area (Å²) in [7, 11) is 0. The number of aromatic nitrogens is 3. The van der Waals surface area contributed by atoms with Crippen LogP contribution in [0.5, 0.6) is 5.75 Å². The van der Waals surface area contributed by atoms with Crippen molar-refractivity contribution in [3.63, 3.8) is 0 Å². The summed E-state index contributed by atoms with van der Waals surface area (Å²) in [5.74, 6) is 0.918. The number of hydrogen-bond donors (Lipinski definition) is 0. The van der Waals surface area contributed by atoms with Crippen molar-refractivity contribution in [1.29, 1.82) is 0 Å². The monoisotopic (exact) mass is 536 g/mol. The number of pyridine rings is 3. The van der Waals surface area contributed by atoms with Crippen LogP contribution in [-0.2, 0) is 0 Å². The first-order valence-electron chi connectivity index (χ1n) is 15.1. The fourth-order valence-corrected chi connectivity index (χ4v) is 4.96. The zero-order valence-corrected chi connectivity index (χ0v) is 24.3. The van der Waals surface area contributed by atoms with E-state index in [1.807, 2.05) is 36.4 Å². The highest BCUT2D eigenvalue weighted by Gasteiger charge is 2.10. The molecule has 0 aliphatic heterocycles. The Bertz CT molecular complexity index is 1180. The number of rotatable bonds is 17. The van der Waals surface area contributed by atoms with E-state index in [2.05, 4.69) is 65.1 Å². The molecule has 0 fully saturated rings. The Morgan fingerprint density at radius 3 is 1.65 bits per heavy atom. The number of nitrogens with zero attached hydrogens (tertiary/aromatic N) is 4. The highest BCUT2D eigenvalue weighted by molar-refractivity contribution is 5.74. The lowest BCUT2D eigenvalue weighted by atomic mass is 10.0. The van der Waals surface area contributed by atoms with Gasteiger partial charge in [0.2, 0.25) is 0 Å². The van der Waals surface area contributed by atoms with Crippen LogP contribution in [0.2, 0.25) is 0 Å². The first-order chi connectivity index (χ1) is 19.8. The minimum absolute atomic E-state index is 0.770. The second-order valence-corrected chi connectivity index (χ2v) is 10.3. The number of benzene rings is 1. The zero-order valence-electron chi connectivity index (χ0n) is 24.3. The summed E-state index contributed by atoms with van der Waals surface area (Å²) in [5.41, 5.74) is 5.54. The van der Waals surface area contributed by atoms with Crippen LogP contribution in [0, 0.1) is 0 Å². The molecule has 0 N–H and O–H groups in total. The van der Waals surface area contributed by atoms with Gasteiger partial charge in [0.15, 0.2) is 0 Å². The van der Waals surface area contributed by atoms with Gasteiger partial charge in [0.1, 0.15) is 5.75 Å². The molecule has 1 aromatic carbocycles.